The largest absolute Gasteiger partial charge is 0.495 e. The van der Waals surface area contributed by atoms with Crippen LogP contribution in [0.2, 0.25) is 0 Å². The Morgan fingerprint density at radius 2 is 1.97 bits per heavy atom. The maximum atomic E-state index is 13.7. The zero-order valence-corrected chi connectivity index (χ0v) is 17.9. The van der Waals surface area contributed by atoms with E-state index in [1.165, 1.54) is 18.1 Å². The molecule has 10 heteroatoms. The van der Waals surface area contributed by atoms with E-state index in [9.17, 15) is 24.1 Å². The van der Waals surface area contributed by atoms with Crippen LogP contribution in [0.15, 0.2) is 59.0 Å². The van der Waals surface area contributed by atoms with Gasteiger partial charge in [-0.3, -0.25) is 19.7 Å². The number of hydrogen-bond acceptors (Lipinski definition) is 6. The molecule has 0 radical (unpaired) electrons. The van der Waals surface area contributed by atoms with E-state index in [2.05, 4.69) is 5.32 Å². The molecule has 0 aliphatic carbocycles. The number of fused-ring (bicyclic) bond motifs is 3. The average Bonchev–Trinajstić information content (AvgIpc) is 3.38. The van der Waals surface area contributed by atoms with Gasteiger partial charge in [0.15, 0.2) is 0 Å². The molecule has 1 fully saturated rings. The number of nitro benzene ring substituents is 1. The van der Waals surface area contributed by atoms with Crippen molar-refractivity contribution >= 4 is 50.8 Å². The van der Waals surface area contributed by atoms with Crippen LogP contribution < -0.4 is 15.0 Å². The van der Waals surface area contributed by atoms with E-state index in [4.69, 9.17) is 9.15 Å². The maximum Gasteiger partial charge on any atom is 0.306 e. The molecule has 1 N–H and O–H groups in total. The van der Waals surface area contributed by atoms with E-state index < -0.39 is 28.3 Å². The van der Waals surface area contributed by atoms with Crippen molar-refractivity contribution in [3.8, 4) is 5.75 Å². The summed E-state index contributed by atoms with van der Waals surface area (Å²) in [7, 11) is 1.49. The van der Waals surface area contributed by atoms with E-state index in [-0.39, 0.29) is 24.6 Å². The van der Waals surface area contributed by atoms with E-state index in [1.807, 2.05) is 24.3 Å². The summed E-state index contributed by atoms with van der Waals surface area (Å²) < 4.78 is 25.0. The Bertz CT molecular complexity index is 1480. The smallest absolute Gasteiger partial charge is 0.306 e. The van der Waals surface area contributed by atoms with Crippen LogP contribution in [-0.2, 0) is 9.59 Å². The van der Waals surface area contributed by atoms with Gasteiger partial charge < -0.3 is 19.4 Å². The number of amides is 2. The fourth-order valence-electron chi connectivity index (χ4n) is 4.19. The van der Waals surface area contributed by atoms with Crippen LogP contribution in [0.4, 0.5) is 21.5 Å². The van der Waals surface area contributed by atoms with Gasteiger partial charge in [-0.25, -0.2) is 0 Å². The molecule has 1 atom stereocenters. The predicted molar refractivity (Wildman–Crippen MR) is 122 cm³/mol. The topological polar surface area (TPSA) is 115 Å². The van der Waals surface area contributed by atoms with Gasteiger partial charge in [0.25, 0.3) is 0 Å². The Balaban J connectivity index is 1.39. The van der Waals surface area contributed by atoms with E-state index >= 15 is 0 Å². The summed E-state index contributed by atoms with van der Waals surface area (Å²) >= 11 is 0. The van der Waals surface area contributed by atoms with E-state index in [0.717, 1.165) is 22.9 Å². The van der Waals surface area contributed by atoms with Gasteiger partial charge in [0.2, 0.25) is 17.6 Å². The highest BCUT2D eigenvalue weighted by molar-refractivity contribution is 6.09. The zero-order chi connectivity index (χ0) is 24.0. The fourth-order valence-corrected chi connectivity index (χ4v) is 4.19. The summed E-state index contributed by atoms with van der Waals surface area (Å²) in [6.45, 7) is 0.00263. The number of methoxy groups -OCH3 is 1. The summed E-state index contributed by atoms with van der Waals surface area (Å²) in [5.74, 6) is -2.08. The summed E-state index contributed by atoms with van der Waals surface area (Å²) in [5, 5.41) is 15.6. The minimum absolute atomic E-state index is 0.00263. The van der Waals surface area contributed by atoms with Crippen LogP contribution in [0.5, 0.6) is 5.75 Å². The first-order valence-corrected chi connectivity index (χ1v) is 10.4. The summed E-state index contributed by atoms with van der Waals surface area (Å²) in [6.07, 6.45) is -0.0911. The molecule has 1 unspecified atom stereocenters. The van der Waals surface area contributed by atoms with Gasteiger partial charge in [-0.2, -0.15) is 4.39 Å². The average molecular weight is 463 g/mol. The monoisotopic (exact) mass is 463 g/mol. The molecule has 2 heterocycles. The molecule has 3 aromatic carbocycles. The second kappa shape index (κ2) is 8.14. The molecule has 1 saturated heterocycles. The highest BCUT2D eigenvalue weighted by Gasteiger charge is 2.36. The van der Waals surface area contributed by atoms with Crippen LogP contribution in [0.25, 0.3) is 21.9 Å². The number of hydrogen-bond donors (Lipinski definition) is 1. The first kappa shape index (κ1) is 21.4. The number of benzene rings is 3. The summed E-state index contributed by atoms with van der Waals surface area (Å²) in [5.41, 5.74) is 1.09. The lowest BCUT2D eigenvalue weighted by Crippen LogP contribution is -2.28. The lowest BCUT2D eigenvalue weighted by Gasteiger charge is -2.17. The molecule has 172 valence electrons. The third kappa shape index (κ3) is 3.58. The normalized spacial score (nSPS) is 15.8. The zero-order valence-electron chi connectivity index (χ0n) is 17.9. The number of para-hydroxylation sites is 1. The molecule has 1 aliphatic rings. The number of halogens is 1. The molecule has 9 nitrogen and oxygen atoms in total. The number of ether oxygens (including phenoxy) is 1. The number of nitrogens with zero attached hydrogens (tertiary/aromatic N) is 2. The molecule has 4 aromatic rings. The van der Waals surface area contributed by atoms with Crippen molar-refractivity contribution in [2.24, 2.45) is 5.92 Å². The molecule has 0 bridgehead atoms. The van der Waals surface area contributed by atoms with Crippen LogP contribution >= 0.6 is 0 Å². The van der Waals surface area contributed by atoms with Crippen molar-refractivity contribution in [2.45, 2.75) is 6.42 Å². The third-order valence-corrected chi connectivity index (χ3v) is 5.89. The number of furan rings is 1. The van der Waals surface area contributed by atoms with Gasteiger partial charge >= 0.3 is 5.69 Å². The molecule has 1 aromatic heterocycles. The Labute approximate surface area is 191 Å². The van der Waals surface area contributed by atoms with Gasteiger partial charge in [0.1, 0.15) is 16.9 Å². The molecule has 34 heavy (non-hydrogen) atoms. The predicted octanol–water partition coefficient (Wildman–Crippen LogP) is 4.63. The van der Waals surface area contributed by atoms with Crippen molar-refractivity contribution in [1.29, 1.82) is 0 Å². The molecule has 5 rings (SSSR count). The minimum Gasteiger partial charge on any atom is -0.495 e. The fraction of sp³-hybridized carbons (Fsp3) is 0.167. The molecule has 1 aliphatic heterocycles. The van der Waals surface area contributed by atoms with Gasteiger partial charge in [-0.1, -0.05) is 18.2 Å². The van der Waals surface area contributed by atoms with Crippen LogP contribution in [0.1, 0.15) is 6.42 Å². The first-order valence-electron chi connectivity index (χ1n) is 10.4. The summed E-state index contributed by atoms with van der Waals surface area (Å²) in [4.78, 5) is 37.0. The third-order valence-electron chi connectivity index (χ3n) is 5.89. The number of anilines is 2. The van der Waals surface area contributed by atoms with Gasteiger partial charge in [0, 0.05) is 35.9 Å². The van der Waals surface area contributed by atoms with Gasteiger partial charge in [-0.15, -0.1) is 0 Å². The Morgan fingerprint density at radius 3 is 2.74 bits per heavy atom. The van der Waals surface area contributed by atoms with Crippen LogP contribution in [-0.4, -0.2) is 30.4 Å². The molecule has 2 amide bonds. The molecular formula is C24H18FN3O6. The van der Waals surface area contributed by atoms with E-state index in [0.29, 0.717) is 22.6 Å². The van der Waals surface area contributed by atoms with Crippen molar-refractivity contribution in [1.82, 2.24) is 0 Å². The number of carbonyl (C=O) groups excluding carboxylic acids is 2. The molecule has 0 saturated carbocycles. The van der Waals surface area contributed by atoms with E-state index in [1.54, 1.807) is 12.1 Å². The van der Waals surface area contributed by atoms with Crippen molar-refractivity contribution in [3.63, 3.8) is 0 Å². The second-order valence-electron chi connectivity index (χ2n) is 7.93. The van der Waals surface area contributed by atoms with Crippen LogP contribution in [0.3, 0.4) is 0 Å². The first-order chi connectivity index (χ1) is 16.4. The van der Waals surface area contributed by atoms with Gasteiger partial charge in [0.05, 0.1) is 29.3 Å². The van der Waals surface area contributed by atoms with Crippen molar-refractivity contribution in [2.75, 3.05) is 23.9 Å². The Kier molecular flexibility index (Phi) is 5.12. The lowest BCUT2D eigenvalue weighted by molar-refractivity contribution is -0.387. The maximum absolute atomic E-state index is 13.7. The van der Waals surface area contributed by atoms with Crippen molar-refractivity contribution in [3.05, 3.63) is 70.5 Å². The van der Waals surface area contributed by atoms with Crippen molar-refractivity contribution < 1.29 is 28.1 Å². The number of nitro groups is 1. The van der Waals surface area contributed by atoms with Crippen LogP contribution in [0, 0.1) is 21.8 Å². The highest BCUT2D eigenvalue weighted by atomic mass is 19.1. The molecule has 0 spiro atoms. The number of nitrogens with one attached hydrogen (secondary N) is 1. The Morgan fingerprint density at radius 1 is 1.18 bits per heavy atom. The SMILES string of the molecule is COc1cc2c(cc1NC(=O)C1CC(=O)N(c3ccc(F)c([N+](=O)[O-])c3)C1)oc1ccccc12. The lowest BCUT2D eigenvalue weighted by atomic mass is 10.1. The quantitative estimate of drug-likeness (QED) is 0.341. The highest BCUT2D eigenvalue weighted by Crippen LogP contribution is 2.37. The standard InChI is InChI=1S/C24H18FN3O6/c1-33-22-10-16-15-4-2-3-5-20(15)34-21(16)11-18(22)26-24(30)13-8-23(29)27(12-13)14-6-7-17(25)19(9-14)28(31)32/h2-7,9-11,13H,8,12H2,1H3,(H,26,30). The minimum atomic E-state index is -0.997. The Hall–Kier alpha value is -4.47. The summed E-state index contributed by atoms with van der Waals surface area (Å²) in [6, 6.07) is 14.2. The molecular weight excluding hydrogens is 445 g/mol. The number of carbonyl (C=O) groups is 2. The second-order valence-corrected chi connectivity index (χ2v) is 7.93. The van der Waals surface area contributed by atoms with Gasteiger partial charge in [-0.05, 0) is 24.3 Å². The number of rotatable bonds is 5.